The number of benzene rings is 1. The largest absolute Gasteiger partial charge is 0.497 e. The minimum absolute atomic E-state index is 0.0717. The molecule has 1 saturated heterocycles. The monoisotopic (exact) mass is 377 g/mol. The molecule has 0 bridgehead atoms. The fourth-order valence-corrected chi connectivity index (χ4v) is 3.00. The van der Waals surface area contributed by atoms with Crippen LogP contribution in [0, 0.1) is 5.92 Å². The molecule has 1 unspecified atom stereocenters. The molecule has 1 fully saturated rings. The van der Waals surface area contributed by atoms with Gasteiger partial charge in [0.25, 0.3) is 5.91 Å². The number of aliphatic imine (C=N–C) groups is 1. The van der Waals surface area contributed by atoms with Crippen molar-refractivity contribution >= 4 is 41.0 Å². The van der Waals surface area contributed by atoms with Gasteiger partial charge in [-0.25, -0.2) is 0 Å². The molecule has 1 aliphatic rings. The molecule has 0 saturated carbocycles. The first-order valence-electron chi connectivity index (χ1n) is 8.68. The van der Waals surface area contributed by atoms with Gasteiger partial charge >= 0.3 is 0 Å². The molecule has 0 aromatic heterocycles. The number of hydrogen-bond donors (Lipinski definition) is 2. The first-order chi connectivity index (χ1) is 12.5. The fraction of sp³-hybridized carbons (Fsp3) is 0.444. The SMILES string of the molecule is CC[NH+](CC)CCN=CC1C(=O)NC(=S)N(c2ccc(OC)cc2)C1=O. The Bertz CT molecular complexity index is 686. The number of ether oxygens (including phenoxy) is 1. The van der Waals surface area contributed by atoms with Crippen LogP contribution in [0.25, 0.3) is 0 Å². The molecule has 1 aromatic carbocycles. The number of carbonyl (C=O) groups excluding carboxylic acids is 2. The second-order valence-corrected chi connectivity index (χ2v) is 6.29. The number of carbonyl (C=O) groups is 2. The molecule has 140 valence electrons. The molecule has 2 N–H and O–H groups in total. The smallest absolute Gasteiger partial charge is 0.251 e. The van der Waals surface area contributed by atoms with E-state index in [-0.39, 0.29) is 5.11 Å². The Labute approximate surface area is 159 Å². The lowest BCUT2D eigenvalue weighted by molar-refractivity contribution is -0.894. The third kappa shape index (κ3) is 4.64. The second kappa shape index (κ2) is 9.40. The van der Waals surface area contributed by atoms with E-state index in [1.807, 2.05) is 0 Å². The van der Waals surface area contributed by atoms with Crippen molar-refractivity contribution in [2.24, 2.45) is 10.9 Å². The number of quaternary nitrogens is 1. The van der Waals surface area contributed by atoms with Crippen LogP contribution < -0.4 is 19.9 Å². The number of nitrogens with one attached hydrogen (secondary N) is 2. The van der Waals surface area contributed by atoms with E-state index in [9.17, 15) is 9.59 Å². The lowest BCUT2D eigenvalue weighted by Gasteiger charge is -2.31. The number of hydrogen-bond acceptors (Lipinski definition) is 5. The summed E-state index contributed by atoms with van der Waals surface area (Å²) in [5, 5.41) is 2.65. The van der Waals surface area contributed by atoms with Crippen LogP contribution in [0.1, 0.15) is 13.8 Å². The maximum Gasteiger partial charge on any atom is 0.251 e. The minimum atomic E-state index is -0.976. The van der Waals surface area contributed by atoms with E-state index in [1.165, 1.54) is 16.0 Å². The molecule has 0 spiro atoms. The summed E-state index contributed by atoms with van der Waals surface area (Å²) in [5.74, 6) is -1.15. The molecule has 2 rings (SSSR count). The predicted molar refractivity (Wildman–Crippen MR) is 105 cm³/mol. The number of amides is 2. The highest BCUT2D eigenvalue weighted by atomic mass is 32.1. The summed E-state index contributed by atoms with van der Waals surface area (Å²) in [4.78, 5) is 32.0. The van der Waals surface area contributed by atoms with Crippen molar-refractivity contribution in [2.45, 2.75) is 13.8 Å². The molecular weight excluding hydrogens is 352 g/mol. The van der Waals surface area contributed by atoms with Gasteiger partial charge in [-0.05, 0) is 50.3 Å². The number of rotatable bonds is 8. The molecule has 1 atom stereocenters. The summed E-state index contributed by atoms with van der Waals surface area (Å²) < 4.78 is 5.12. The molecule has 0 radical (unpaired) electrons. The van der Waals surface area contributed by atoms with Gasteiger partial charge < -0.3 is 15.0 Å². The number of likely N-dealkylation sites (N-methyl/N-ethyl adjacent to an activating group) is 1. The Balaban J connectivity index is 2.11. The lowest BCUT2D eigenvalue weighted by Crippen LogP contribution is -3.11. The standard InChI is InChI=1S/C18H24N4O3S/c1-4-21(5-2)11-10-19-12-15-16(23)20-18(26)22(17(15)24)13-6-8-14(25-3)9-7-13/h6-9,12,15H,4-5,10-11H2,1-3H3,(H,20,23,26)/p+1. The van der Waals surface area contributed by atoms with Gasteiger partial charge in [0, 0.05) is 6.21 Å². The van der Waals surface area contributed by atoms with Crippen LogP contribution in [0.15, 0.2) is 29.3 Å². The quantitative estimate of drug-likeness (QED) is 0.382. The van der Waals surface area contributed by atoms with E-state index in [1.54, 1.807) is 31.4 Å². The topological polar surface area (TPSA) is 75.4 Å². The zero-order valence-electron chi connectivity index (χ0n) is 15.3. The van der Waals surface area contributed by atoms with E-state index in [4.69, 9.17) is 17.0 Å². The summed E-state index contributed by atoms with van der Waals surface area (Å²) >= 11 is 5.17. The second-order valence-electron chi connectivity index (χ2n) is 5.91. The number of anilines is 1. The van der Waals surface area contributed by atoms with Crippen LogP contribution in [0.4, 0.5) is 5.69 Å². The summed E-state index contributed by atoms with van der Waals surface area (Å²) in [6, 6.07) is 6.91. The van der Waals surface area contributed by atoms with Crippen LogP contribution in [0.2, 0.25) is 0 Å². The highest BCUT2D eigenvalue weighted by molar-refractivity contribution is 7.80. The van der Waals surface area contributed by atoms with Gasteiger partial charge in [-0.1, -0.05) is 0 Å². The van der Waals surface area contributed by atoms with Crippen molar-refractivity contribution in [3.63, 3.8) is 0 Å². The van der Waals surface area contributed by atoms with Gasteiger partial charge in [0.05, 0.1) is 39.0 Å². The van der Waals surface area contributed by atoms with Crippen molar-refractivity contribution in [1.29, 1.82) is 0 Å². The van der Waals surface area contributed by atoms with Gasteiger partial charge in [-0.3, -0.25) is 19.5 Å². The lowest BCUT2D eigenvalue weighted by atomic mass is 10.1. The number of methoxy groups -OCH3 is 1. The van der Waals surface area contributed by atoms with Crippen LogP contribution in [-0.4, -0.2) is 56.4 Å². The Morgan fingerprint density at radius 2 is 1.92 bits per heavy atom. The highest BCUT2D eigenvalue weighted by Crippen LogP contribution is 2.23. The van der Waals surface area contributed by atoms with Gasteiger partial charge in [0.2, 0.25) is 5.91 Å². The number of nitrogens with zero attached hydrogens (tertiary/aromatic N) is 2. The van der Waals surface area contributed by atoms with Crippen LogP contribution in [0.5, 0.6) is 5.75 Å². The molecule has 2 amide bonds. The molecule has 1 aliphatic heterocycles. The summed E-state index contributed by atoms with van der Waals surface area (Å²) in [6.07, 6.45) is 1.43. The average molecular weight is 377 g/mol. The first kappa shape index (κ1) is 20.0. The van der Waals surface area contributed by atoms with Gasteiger partial charge in [0.1, 0.15) is 5.75 Å². The van der Waals surface area contributed by atoms with Gasteiger partial charge in [-0.15, -0.1) is 0 Å². The van der Waals surface area contributed by atoms with Gasteiger partial charge in [-0.2, -0.15) is 0 Å². The average Bonchev–Trinajstić information content (AvgIpc) is 2.64. The molecule has 0 aliphatic carbocycles. The Morgan fingerprint density at radius 3 is 2.50 bits per heavy atom. The zero-order chi connectivity index (χ0) is 19.1. The van der Waals surface area contributed by atoms with E-state index >= 15 is 0 Å². The summed E-state index contributed by atoms with van der Waals surface area (Å²) in [6.45, 7) is 7.72. The Kier molecular flexibility index (Phi) is 7.23. The fourth-order valence-electron chi connectivity index (χ4n) is 2.70. The van der Waals surface area contributed by atoms with Crippen LogP contribution in [-0.2, 0) is 9.59 Å². The van der Waals surface area contributed by atoms with E-state index in [0.29, 0.717) is 18.0 Å². The zero-order valence-corrected chi connectivity index (χ0v) is 16.1. The maximum atomic E-state index is 12.8. The molecule has 8 heteroatoms. The van der Waals surface area contributed by atoms with Crippen LogP contribution >= 0.6 is 12.2 Å². The van der Waals surface area contributed by atoms with E-state index in [0.717, 1.165) is 19.6 Å². The van der Waals surface area contributed by atoms with Crippen LogP contribution in [0.3, 0.4) is 0 Å². The normalized spacial score (nSPS) is 17.9. The van der Waals surface area contributed by atoms with E-state index < -0.39 is 17.7 Å². The molecule has 1 aromatic rings. The van der Waals surface area contributed by atoms with Crippen molar-refractivity contribution < 1.29 is 19.2 Å². The van der Waals surface area contributed by atoms with Gasteiger partial charge in [0.15, 0.2) is 11.0 Å². The van der Waals surface area contributed by atoms with Crippen molar-refractivity contribution in [3.05, 3.63) is 24.3 Å². The third-order valence-electron chi connectivity index (χ3n) is 4.38. The Hall–Kier alpha value is -2.32. The molecule has 7 nitrogen and oxygen atoms in total. The summed E-state index contributed by atoms with van der Waals surface area (Å²) in [5.41, 5.74) is 0.576. The van der Waals surface area contributed by atoms with E-state index in [2.05, 4.69) is 24.2 Å². The van der Waals surface area contributed by atoms with Crippen molar-refractivity contribution in [1.82, 2.24) is 5.32 Å². The molecule has 26 heavy (non-hydrogen) atoms. The predicted octanol–water partition coefficient (Wildman–Crippen LogP) is 0.0546. The Morgan fingerprint density at radius 1 is 1.27 bits per heavy atom. The van der Waals surface area contributed by atoms with Crippen molar-refractivity contribution in [2.75, 3.05) is 38.2 Å². The molecule has 1 heterocycles. The highest BCUT2D eigenvalue weighted by Gasteiger charge is 2.38. The maximum absolute atomic E-state index is 12.8. The number of thiocarbonyl (C=S) groups is 1. The minimum Gasteiger partial charge on any atom is -0.497 e. The third-order valence-corrected chi connectivity index (χ3v) is 4.67. The first-order valence-corrected chi connectivity index (χ1v) is 9.09. The summed E-state index contributed by atoms with van der Waals surface area (Å²) in [7, 11) is 1.57. The van der Waals surface area contributed by atoms with Crippen molar-refractivity contribution in [3.8, 4) is 5.75 Å². The molecular formula is C18H25N4O3S+.